The third kappa shape index (κ3) is 3.36. The van der Waals surface area contributed by atoms with Crippen molar-refractivity contribution in [3.8, 4) is 0 Å². The lowest BCUT2D eigenvalue weighted by Gasteiger charge is -2.10. The Morgan fingerprint density at radius 3 is 2.39 bits per heavy atom. The number of aldehydes is 2. The number of allylic oxidation sites excluding steroid dienone is 1. The molecule has 0 heterocycles. The molecule has 1 unspecified atom stereocenters. The molecule has 2 N–H and O–H groups in total. The van der Waals surface area contributed by atoms with Crippen LogP contribution in [0.25, 0.3) is 0 Å². The number of carbonyl (C=O) groups is 3. The Balaban J connectivity index is 2.91. The Labute approximate surface area is 104 Å². The first-order valence-corrected chi connectivity index (χ1v) is 5.26. The van der Waals surface area contributed by atoms with E-state index in [-0.39, 0.29) is 17.6 Å². The van der Waals surface area contributed by atoms with Crippen molar-refractivity contribution in [3.05, 3.63) is 47.2 Å². The molecule has 0 radical (unpaired) electrons. The highest BCUT2D eigenvalue weighted by Crippen LogP contribution is 2.05. The summed E-state index contributed by atoms with van der Waals surface area (Å²) in [7, 11) is 0. The summed E-state index contributed by atoms with van der Waals surface area (Å²) in [5.74, 6) is -0.477. The van der Waals surface area contributed by atoms with Crippen molar-refractivity contribution in [1.82, 2.24) is 5.32 Å². The Bertz CT molecular complexity index is 479. The smallest absolute Gasteiger partial charge is 0.255 e. The predicted molar refractivity (Wildman–Crippen MR) is 64.7 cm³/mol. The lowest BCUT2D eigenvalue weighted by Crippen LogP contribution is -2.27. The molecule has 1 rings (SSSR count). The molecule has 1 aromatic rings. The number of rotatable bonds is 5. The second kappa shape index (κ2) is 6.46. The average molecular weight is 247 g/mol. The van der Waals surface area contributed by atoms with Gasteiger partial charge >= 0.3 is 0 Å². The molecule has 0 aliphatic heterocycles. The number of amides is 1. The monoisotopic (exact) mass is 247 g/mol. The normalized spacial score (nSPS) is 13.2. The highest BCUT2D eigenvalue weighted by Gasteiger charge is 2.13. The van der Waals surface area contributed by atoms with Crippen molar-refractivity contribution in [3.63, 3.8) is 0 Å². The van der Waals surface area contributed by atoms with Crippen molar-refractivity contribution in [2.45, 2.75) is 13.0 Å². The molecule has 1 aromatic carbocycles. The molecule has 0 spiro atoms. The van der Waals surface area contributed by atoms with Gasteiger partial charge in [0.15, 0.2) is 12.6 Å². The number of aliphatic hydroxyl groups excluding tert-OH is 1. The Hall–Kier alpha value is -2.27. The molecular weight excluding hydrogens is 234 g/mol. The van der Waals surface area contributed by atoms with Crippen LogP contribution < -0.4 is 5.32 Å². The summed E-state index contributed by atoms with van der Waals surface area (Å²) in [5.41, 5.74) is 0.373. The average Bonchev–Trinajstić information content (AvgIpc) is 2.43. The van der Waals surface area contributed by atoms with Gasteiger partial charge in [-0.3, -0.25) is 9.59 Å². The van der Waals surface area contributed by atoms with E-state index in [0.29, 0.717) is 11.8 Å². The van der Waals surface area contributed by atoms with Crippen molar-refractivity contribution in [2.75, 3.05) is 0 Å². The second-order valence-corrected chi connectivity index (χ2v) is 3.62. The van der Waals surface area contributed by atoms with Gasteiger partial charge in [0.1, 0.15) is 6.10 Å². The minimum atomic E-state index is -1.40. The Morgan fingerprint density at radius 1 is 1.28 bits per heavy atom. The number of carbonyl (C=O) groups excluding carboxylic acids is 3. The van der Waals surface area contributed by atoms with Gasteiger partial charge in [-0.15, -0.1) is 0 Å². The molecule has 0 aliphatic rings. The first-order chi connectivity index (χ1) is 8.60. The largest absolute Gasteiger partial charge is 0.381 e. The predicted octanol–water partition coefficient (Wildman–Crippen LogP) is 0.449. The van der Waals surface area contributed by atoms with Crippen LogP contribution in [0, 0.1) is 0 Å². The van der Waals surface area contributed by atoms with Gasteiger partial charge in [-0.1, -0.05) is 18.2 Å². The molecule has 0 saturated carbocycles. The highest BCUT2D eigenvalue weighted by atomic mass is 16.3. The third-order valence-corrected chi connectivity index (χ3v) is 2.40. The molecule has 0 aromatic heterocycles. The van der Waals surface area contributed by atoms with Crippen LogP contribution in [-0.2, 0) is 9.59 Å². The molecular formula is C13H13NO4. The summed E-state index contributed by atoms with van der Waals surface area (Å²) in [6.45, 7) is 1.40. The zero-order chi connectivity index (χ0) is 13.5. The Morgan fingerprint density at radius 2 is 1.89 bits per heavy atom. The molecule has 5 nitrogen and oxygen atoms in total. The molecule has 1 atom stereocenters. The van der Waals surface area contributed by atoms with Gasteiger partial charge in [0.2, 0.25) is 0 Å². The van der Waals surface area contributed by atoms with Gasteiger partial charge in [-0.2, -0.15) is 0 Å². The first-order valence-electron chi connectivity index (χ1n) is 5.26. The lowest BCUT2D eigenvalue weighted by molar-refractivity contribution is -0.113. The summed E-state index contributed by atoms with van der Waals surface area (Å²) < 4.78 is 0. The third-order valence-electron chi connectivity index (χ3n) is 2.40. The first kappa shape index (κ1) is 13.8. The maximum absolute atomic E-state index is 11.8. The van der Waals surface area contributed by atoms with E-state index in [1.54, 1.807) is 30.3 Å². The van der Waals surface area contributed by atoms with Crippen molar-refractivity contribution in [1.29, 1.82) is 0 Å². The van der Waals surface area contributed by atoms with Gasteiger partial charge in [0.25, 0.3) is 5.91 Å². The number of hydrogen-bond acceptors (Lipinski definition) is 4. The van der Waals surface area contributed by atoms with Crippen molar-refractivity contribution < 1.29 is 19.5 Å². The molecule has 0 fully saturated rings. The van der Waals surface area contributed by atoms with E-state index in [4.69, 9.17) is 0 Å². The standard InChI is InChI=1S/C13H13NO4/c1-9(12(17)8-16)11(7-15)14-13(18)10-5-3-2-4-6-10/h2-8,12,17H,1H3,(H,14,18)/b11-9+. The number of benzene rings is 1. The molecule has 94 valence electrons. The summed E-state index contributed by atoms with van der Waals surface area (Å²) in [5, 5.41) is 11.6. The molecule has 0 aliphatic carbocycles. The fourth-order valence-corrected chi connectivity index (χ4v) is 1.27. The van der Waals surface area contributed by atoms with Crippen LogP contribution in [0.1, 0.15) is 17.3 Å². The summed E-state index contributed by atoms with van der Waals surface area (Å²) in [6, 6.07) is 8.31. The zero-order valence-corrected chi connectivity index (χ0v) is 9.79. The van der Waals surface area contributed by atoms with Crippen LogP contribution >= 0.6 is 0 Å². The van der Waals surface area contributed by atoms with E-state index in [0.717, 1.165) is 0 Å². The lowest BCUT2D eigenvalue weighted by atomic mass is 10.1. The van der Waals surface area contributed by atoms with Gasteiger partial charge in [-0.25, -0.2) is 0 Å². The van der Waals surface area contributed by atoms with Crippen LogP contribution in [0.2, 0.25) is 0 Å². The van der Waals surface area contributed by atoms with Gasteiger partial charge in [0.05, 0.1) is 5.70 Å². The number of nitrogens with one attached hydrogen (secondary N) is 1. The van der Waals surface area contributed by atoms with Crippen LogP contribution in [-0.4, -0.2) is 29.7 Å². The minimum Gasteiger partial charge on any atom is -0.381 e. The summed E-state index contributed by atoms with van der Waals surface area (Å²) >= 11 is 0. The van der Waals surface area contributed by atoms with E-state index < -0.39 is 12.0 Å². The molecule has 0 bridgehead atoms. The quantitative estimate of drug-likeness (QED) is 0.584. The van der Waals surface area contributed by atoms with E-state index in [2.05, 4.69) is 5.32 Å². The van der Waals surface area contributed by atoms with Crippen molar-refractivity contribution >= 4 is 18.5 Å². The Kier molecular flexibility index (Phi) is 4.95. The highest BCUT2D eigenvalue weighted by molar-refractivity contribution is 5.98. The molecule has 0 saturated heterocycles. The topological polar surface area (TPSA) is 83.5 Å². The molecule has 5 heteroatoms. The zero-order valence-electron chi connectivity index (χ0n) is 9.79. The van der Waals surface area contributed by atoms with Crippen LogP contribution in [0.15, 0.2) is 41.6 Å². The molecule has 1 amide bonds. The van der Waals surface area contributed by atoms with Crippen LogP contribution in [0.5, 0.6) is 0 Å². The second-order valence-electron chi connectivity index (χ2n) is 3.62. The van der Waals surface area contributed by atoms with Crippen LogP contribution in [0.3, 0.4) is 0 Å². The van der Waals surface area contributed by atoms with Crippen molar-refractivity contribution in [2.24, 2.45) is 0 Å². The van der Waals surface area contributed by atoms with Gasteiger partial charge in [0, 0.05) is 5.56 Å². The SMILES string of the molecule is C/C(=C(/C=O)NC(=O)c1ccccc1)C(O)C=O. The van der Waals surface area contributed by atoms with E-state index in [9.17, 15) is 19.5 Å². The maximum atomic E-state index is 11.8. The number of aliphatic hydroxyl groups is 1. The minimum absolute atomic E-state index is 0.101. The van der Waals surface area contributed by atoms with E-state index in [1.807, 2.05) is 0 Å². The van der Waals surface area contributed by atoms with Gasteiger partial charge < -0.3 is 15.2 Å². The fourth-order valence-electron chi connectivity index (χ4n) is 1.27. The van der Waals surface area contributed by atoms with E-state index >= 15 is 0 Å². The summed E-state index contributed by atoms with van der Waals surface area (Å²) in [4.78, 5) is 33.0. The van der Waals surface area contributed by atoms with E-state index in [1.165, 1.54) is 6.92 Å². The fraction of sp³-hybridized carbons (Fsp3) is 0.154. The number of hydrogen-bond donors (Lipinski definition) is 2. The maximum Gasteiger partial charge on any atom is 0.255 e. The van der Waals surface area contributed by atoms with Gasteiger partial charge in [-0.05, 0) is 24.6 Å². The summed E-state index contributed by atoms with van der Waals surface area (Å²) in [6.07, 6.45) is -0.725. The van der Waals surface area contributed by atoms with Crippen LogP contribution in [0.4, 0.5) is 0 Å². The molecule has 18 heavy (non-hydrogen) atoms.